The Kier molecular flexibility index (Phi) is 8.59. The first-order valence-electron chi connectivity index (χ1n) is 11.6. The monoisotopic (exact) mass is 542 g/mol. The molecule has 8 nitrogen and oxygen atoms in total. The molecule has 196 valence electrons. The van der Waals surface area contributed by atoms with Gasteiger partial charge in [-0.3, -0.25) is 9.80 Å². The summed E-state index contributed by atoms with van der Waals surface area (Å²) in [6.45, 7) is 5.56. The number of ether oxygens (including phenoxy) is 1. The Morgan fingerprint density at radius 2 is 1.86 bits per heavy atom. The number of esters is 1. The first-order chi connectivity index (χ1) is 17.1. The molecule has 0 bridgehead atoms. The zero-order chi connectivity index (χ0) is 25.9. The molecule has 36 heavy (non-hydrogen) atoms. The van der Waals surface area contributed by atoms with Gasteiger partial charge in [0.15, 0.2) is 0 Å². The fourth-order valence-corrected chi connectivity index (χ4v) is 5.97. The van der Waals surface area contributed by atoms with E-state index in [1.165, 1.54) is 37.4 Å². The predicted octanol–water partition coefficient (Wildman–Crippen LogP) is 2.15. The van der Waals surface area contributed by atoms with Crippen molar-refractivity contribution in [3.8, 4) is 0 Å². The molecule has 1 atom stereocenters. The standard InChI is InChI=1S/C24H29ClF2N4O4S/c1-35-24(32)17-2-3-18(22(27)11-17)15-36(33,34)29-23(16-4-5-21(26)20(25)10-16)14-30-6-8-31(9-7-30)19-12-28-13-19/h2-5,10-11,19,23,28-29H,6-9,12-15H2,1H3. The van der Waals surface area contributed by atoms with Crippen LogP contribution in [0.4, 0.5) is 8.78 Å². The van der Waals surface area contributed by atoms with E-state index in [-0.39, 0.29) is 16.1 Å². The lowest BCUT2D eigenvalue weighted by Gasteiger charge is -2.43. The van der Waals surface area contributed by atoms with Gasteiger partial charge in [0.1, 0.15) is 11.6 Å². The molecule has 0 aromatic heterocycles. The van der Waals surface area contributed by atoms with Gasteiger partial charge in [-0.1, -0.05) is 23.7 Å². The van der Waals surface area contributed by atoms with E-state index in [0.717, 1.165) is 45.3 Å². The number of nitrogens with zero attached hydrogens (tertiary/aromatic N) is 2. The van der Waals surface area contributed by atoms with Gasteiger partial charge in [-0.2, -0.15) is 0 Å². The number of methoxy groups -OCH3 is 1. The number of nitrogens with one attached hydrogen (secondary N) is 2. The van der Waals surface area contributed by atoms with Crippen LogP contribution in [0.15, 0.2) is 36.4 Å². The minimum atomic E-state index is -4.02. The SMILES string of the molecule is COC(=O)c1ccc(CS(=O)(=O)NC(CN2CCN(C3CNC3)CC2)c2ccc(F)c(Cl)c2)c(F)c1. The van der Waals surface area contributed by atoms with Crippen LogP contribution >= 0.6 is 11.6 Å². The van der Waals surface area contributed by atoms with Crippen molar-refractivity contribution in [2.75, 3.05) is 52.9 Å². The van der Waals surface area contributed by atoms with Crippen molar-refractivity contribution in [3.05, 3.63) is 69.7 Å². The van der Waals surface area contributed by atoms with Gasteiger partial charge in [-0.15, -0.1) is 0 Å². The predicted molar refractivity (Wildman–Crippen MR) is 132 cm³/mol. The van der Waals surface area contributed by atoms with E-state index >= 15 is 0 Å². The first kappa shape index (κ1) is 26.9. The summed E-state index contributed by atoms with van der Waals surface area (Å²) >= 11 is 5.99. The van der Waals surface area contributed by atoms with Crippen molar-refractivity contribution in [1.29, 1.82) is 0 Å². The third kappa shape index (κ3) is 6.58. The summed E-state index contributed by atoms with van der Waals surface area (Å²) < 4.78 is 61.7. The molecular formula is C24H29ClF2N4O4S. The molecule has 1 unspecified atom stereocenters. The highest BCUT2D eigenvalue weighted by molar-refractivity contribution is 7.88. The number of hydrogen-bond acceptors (Lipinski definition) is 7. The number of hydrogen-bond donors (Lipinski definition) is 2. The van der Waals surface area contributed by atoms with Crippen LogP contribution in [0.25, 0.3) is 0 Å². The third-order valence-electron chi connectivity index (χ3n) is 6.61. The number of halogens is 3. The Labute approximate surface area is 214 Å². The Hall–Kier alpha value is -2.15. The molecule has 2 aromatic carbocycles. The van der Waals surface area contributed by atoms with E-state index in [2.05, 4.69) is 24.6 Å². The van der Waals surface area contributed by atoms with Crippen LogP contribution in [0.1, 0.15) is 27.5 Å². The summed E-state index contributed by atoms with van der Waals surface area (Å²) in [5.41, 5.74) is 0.408. The molecule has 2 fully saturated rings. The summed E-state index contributed by atoms with van der Waals surface area (Å²) in [6.07, 6.45) is 0. The zero-order valence-electron chi connectivity index (χ0n) is 19.8. The van der Waals surface area contributed by atoms with Crippen LogP contribution in [0.3, 0.4) is 0 Å². The minimum Gasteiger partial charge on any atom is -0.465 e. The van der Waals surface area contributed by atoms with E-state index in [1.54, 1.807) is 0 Å². The van der Waals surface area contributed by atoms with Crippen LogP contribution in [0.5, 0.6) is 0 Å². The molecule has 0 saturated carbocycles. The Bertz CT molecular complexity index is 1200. The van der Waals surface area contributed by atoms with Crippen molar-refractivity contribution in [2.45, 2.75) is 17.8 Å². The number of sulfonamides is 1. The van der Waals surface area contributed by atoms with E-state index in [0.29, 0.717) is 18.2 Å². The molecule has 2 saturated heterocycles. The summed E-state index contributed by atoms with van der Waals surface area (Å²) in [5, 5.41) is 3.16. The van der Waals surface area contributed by atoms with Gasteiger partial charge in [0.25, 0.3) is 0 Å². The Morgan fingerprint density at radius 3 is 2.44 bits per heavy atom. The van der Waals surface area contributed by atoms with E-state index in [1.807, 2.05) is 0 Å². The van der Waals surface area contributed by atoms with Gasteiger partial charge >= 0.3 is 5.97 Å². The Balaban J connectivity index is 1.49. The number of carbonyl (C=O) groups excluding carboxylic acids is 1. The second-order valence-electron chi connectivity index (χ2n) is 9.05. The highest BCUT2D eigenvalue weighted by Gasteiger charge is 2.30. The van der Waals surface area contributed by atoms with Crippen LogP contribution in [-0.4, -0.2) is 83.2 Å². The van der Waals surface area contributed by atoms with Crippen LogP contribution in [0.2, 0.25) is 5.02 Å². The summed E-state index contributed by atoms with van der Waals surface area (Å²) in [6, 6.07) is 7.44. The van der Waals surface area contributed by atoms with Crippen LogP contribution in [0, 0.1) is 11.6 Å². The average molecular weight is 543 g/mol. The quantitative estimate of drug-likeness (QED) is 0.469. The highest BCUT2D eigenvalue weighted by Crippen LogP contribution is 2.24. The number of rotatable bonds is 9. The Morgan fingerprint density at radius 1 is 1.14 bits per heavy atom. The number of benzene rings is 2. The maximum Gasteiger partial charge on any atom is 0.337 e. The van der Waals surface area contributed by atoms with Gasteiger partial charge in [0.05, 0.1) is 29.5 Å². The minimum absolute atomic E-state index is 0.0141. The first-order valence-corrected chi connectivity index (χ1v) is 13.7. The summed E-state index contributed by atoms with van der Waals surface area (Å²) in [7, 11) is -2.85. The normalized spacial score (nSPS) is 18.6. The number of piperazine rings is 1. The molecular weight excluding hydrogens is 514 g/mol. The maximum atomic E-state index is 14.6. The van der Waals surface area contributed by atoms with E-state index in [4.69, 9.17) is 11.6 Å². The molecule has 2 aromatic rings. The molecule has 2 N–H and O–H groups in total. The molecule has 2 heterocycles. The molecule has 2 aliphatic heterocycles. The molecule has 12 heteroatoms. The number of carbonyl (C=O) groups is 1. The fraction of sp³-hybridized carbons (Fsp3) is 0.458. The molecule has 2 aliphatic rings. The molecule has 4 rings (SSSR count). The highest BCUT2D eigenvalue weighted by atomic mass is 35.5. The van der Waals surface area contributed by atoms with Crippen molar-refractivity contribution >= 4 is 27.6 Å². The largest absolute Gasteiger partial charge is 0.465 e. The van der Waals surface area contributed by atoms with E-state index < -0.39 is 39.4 Å². The fourth-order valence-electron chi connectivity index (χ4n) is 4.41. The van der Waals surface area contributed by atoms with Crippen molar-refractivity contribution < 1.29 is 26.7 Å². The van der Waals surface area contributed by atoms with Crippen molar-refractivity contribution in [3.63, 3.8) is 0 Å². The maximum absolute atomic E-state index is 14.6. The van der Waals surface area contributed by atoms with Gasteiger partial charge < -0.3 is 10.1 Å². The summed E-state index contributed by atoms with van der Waals surface area (Å²) in [5.74, 6) is -2.78. The smallest absolute Gasteiger partial charge is 0.337 e. The third-order valence-corrected chi connectivity index (χ3v) is 8.24. The zero-order valence-corrected chi connectivity index (χ0v) is 21.4. The van der Waals surface area contributed by atoms with Crippen molar-refractivity contribution in [2.24, 2.45) is 0 Å². The average Bonchev–Trinajstić information content (AvgIpc) is 2.81. The lowest BCUT2D eigenvalue weighted by Crippen LogP contribution is -2.61. The van der Waals surface area contributed by atoms with E-state index in [9.17, 15) is 22.0 Å². The lowest BCUT2D eigenvalue weighted by atomic mass is 10.1. The second kappa shape index (κ2) is 11.5. The summed E-state index contributed by atoms with van der Waals surface area (Å²) in [4.78, 5) is 16.2. The molecule has 0 spiro atoms. The van der Waals surface area contributed by atoms with Gasteiger partial charge in [-0.25, -0.2) is 26.7 Å². The molecule has 0 radical (unpaired) electrons. The van der Waals surface area contributed by atoms with Gasteiger partial charge in [-0.05, 0) is 29.8 Å². The molecule has 0 amide bonds. The van der Waals surface area contributed by atoms with Gasteiger partial charge in [0.2, 0.25) is 10.0 Å². The van der Waals surface area contributed by atoms with Gasteiger partial charge in [0, 0.05) is 57.4 Å². The second-order valence-corrected chi connectivity index (χ2v) is 11.2. The van der Waals surface area contributed by atoms with Crippen molar-refractivity contribution in [1.82, 2.24) is 19.8 Å². The topological polar surface area (TPSA) is 91.0 Å². The van der Waals surface area contributed by atoms with Crippen LogP contribution < -0.4 is 10.0 Å². The molecule has 0 aliphatic carbocycles. The van der Waals surface area contributed by atoms with Crippen LogP contribution in [-0.2, 0) is 20.5 Å². The lowest BCUT2D eigenvalue weighted by molar-refractivity contribution is 0.0600.